The molecule has 7 nitrogen and oxygen atoms in total. The third-order valence-electron chi connectivity index (χ3n) is 5.80. The van der Waals surface area contributed by atoms with Gasteiger partial charge in [-0.3, -0.25) is 4.90 Å². The van der Waals surface area contributed by atoms with Gasteiger partial charge in [0.1, 0.15) is 18.1 Å². The molecule has 1 aliphatic rings. The van der Waals surface area contributed by atoms with E-state index in [4.69, 9.17) is 21.1 Å². The standard InChI is InChI=1S/C24H23ClN4O3S/c25-18-3-1-17(2-4-18)24(30)9-13-29(14-10-24)15-16-31-19-5-7-20(8-6-19)32-23-28-21-22(33-23)27-12-11-26-21/h1-8,11-12,30H,9-10,13-16H2. The topological polar surface area (TPSA) is 80.6 Å². The Balaban J connectivity index is 1.08. The summed E-state index contributed by atoms with van der Waals surface area (Å²) < 4.78 is 11.7. The SMILES string of the molecule is OC1(c2ccc(Cl)cc2)CCN(CCOc2ccc(Oc3nc4nccnc4s3)cc2)CC1. The van der Waals surface area contributed by atoms with Crippen LogP contribution in [0.3, 0.4) is 0 Å². The first-order chi connectivity index (χ1) is 16.1. The van der Waals surface area contributed by atoms with Crippen LogP contribution in [0.2, 0.25) is 5.02 Å². The molecule has 2 aromatic carbocycles. The molecule has 0 atom stereocenters. The summed E-state index contributed by atoms with van der Waals surface area (Å²) in [6.45, 7) is 3.03. The van der Waals surface area contributed by atoms with E-state index in [1.165, 1.54) is 11.3 Å². The molecule has 0 amide bonds. The highest BCUT2D eigenvalue weighted by Gasteiger charge is 2.33. The van der Waals surface area contributed by atoms with Crippen LogP contribution < -0.4 is 9.47 Å². The van der Waals surface area contributed by atoms with Crippen LogP contribution in [-0.2, 0) is 5.60 Å². The molecule has 0 bridgehead atoms. The van der Waals surface area contributed by atoms with E-state index in [1.54, 1.807) is 12.4 Å². The lowest BCUT2D eigenvalue weighted by Crippen LogP contribution is -2.43. The summed E-state index contributed by atoms with van der Waals surface area (Å²) in [4.78, 5) is 15.8. The predicted octanol–water partition coefficient (Wildman–Crippen LogP) is 4.89. The lowest BCUT2D eigenvalue weighted by atomic mass is 9.84. The van der Waals surface area contributed by atoms with Crippen molar-refractivity contribution in [2.24, 2.45) is 0 Å². The summed E-state index contributed by atoms with van der Waals surface area (Å²) in [7, 11) is 0. The van der Waals surface area contributed by atoms with Gasteiger partial charge in [-0.2, -0.15) is 4.98 Å². The Labute approximate surface area is 200 Å². The Kier molecular flexibility index (Phi) is 6.41. The maximum atomic E-state index is 11.0. The van der Waals surface area contributed by atoms with E-state index in [9.17, 15) is 5.11 Å². The van der Waals surface area contributed by atoms with Crippen LogP contribution in [0, 0.1) is 0 Å². The van der Waals surface area contributed by atoms with Crippen molar-refractivity contribution in [2.75, 3.05) is 26.2 Å². The quantitative estimate of drug-likeness (QED) is 0.401. The third-order valence-corrected chi connectivity index (χ3v) is 6.88. The predicted molar refractivity (Wildman–Crippen MR) is 128 cm³/mol. The average molecular weight is 483 g/mol. The number of likely N-dealkylation sites (tertiary alicyclic amines) is 1. The van der Waals surface area contributed by atoms with Gasteiger partial charge in [-0.25, -0.2) is 9.97 Å². The number of thiazole rings is 1. The average Bonchev–Trinajstić information content (AvgIpc) is 3.24. The number of ether oxygens (including phenoxy) is 2. The second kappa shape index (κ2) is 9.61. The summed E-state index contributed by atoms with van der Waals surface area (Å²) in [5, 5.41) is 12.2. The van der Waals surface area contributed by atoms with Crippen LogP contribution >= 0.6 is 22.9 Å². The Morgan fingerprint density at radius 2 is 1.67 bits per heavy atom. The zero-order chi connectivity index (χ0) is 22.7. The smallest absolute Gasteiger partial charge is 0.282 e. The number of aromatic nitrogens is 3. The number of benzene rings is 2. The number of rotatable bonds is 7. The molecule has 4 aromatic rings. The van der Waals surface area contributed by atoms with Crippen molar-refractivity contribution >= 4 is 33.4 Å². The van der Waals surface area contributed by atoms with Crippen molar-refractivity contribution < 1.29 is 14.6 Å². The fourth-order valence-electron chi connectivity index (χ4n) is 3.89. The second-order valence-corrected chi connectivity index (χ2v) is 9.34. The molecule has 9 heteroatoms. The first-order valence-corrected chi connectivity index (χ1v) is 12.0. The summed E-state index contributed by atoms with van der Waals surface area (Å²) in [5.74, 6) is 1.46. The van der Waals surface area contributed by atoms with Crippen LogP contribution in [-0.4, -0.2) is 51.2 Å². The molecule has 1 aliphatic heterocycles. The van der Waals surface area contributed by atoms with Crippen LogP contribution in [0.25, 0.3) is 10.5 Å². The first kappa shape index (κ1) is 22.0. The van der Waals surface area contributed by atoms with Crippen LogP contribution in [0.4, 0.5) is 0 Å². The van der Waals surface area contributed by atoms with Crippen molar-refractivity contribution in [3.63, 3.8) is 0 Å². The van der Waals surface area contributed by atoms with Crippen LogP contribution in [0.5, 0.6) is 16.7 Å². The number of aliphatic hydroxyl groups is 1. The maximum absolute atomic E-state index is 11.0. The fourth-order valence-corrected chi connectivity index (χ4v) is 4.76. The van der Waals surface area contributed by atoms with Gasteiger partial charge in [0.2, 0.25) is 0 Å². The zero-order valence-electron chi connectivity index (χ0n) is 17.9. The number of fused-ring (bicyclic) bond motifs is 1. The Bertz CT molecular complexity index is 1180. The molecular weight excluding hydrogens is 460 g/mol. The van der Waals surface area contributed by atoms with Crippen molar-refractivity contribution in [2.45, 2.75) is 18.4 Å². The molecule has 1 N–H and O–H groups in total. The van der Waals surface area contributed by atoms with Gasteiger partial charge in [-0.1, -0.05) is 35.1 Å². The minimum absolute atomic E-state index is 0.508. The number of hydrogen-bond donors (Lipinski definition) is 1. The van der Waals surface area contributed by atoms with Gasteiger partial charge in [0.05, 0.1) is 5.60 Å². The molecule has 0 spiro atoms. The van der Waals surface area contributed by atoms with Crippen molar-refractivity contribution in [3.8, 4) is 16.7 Å². The molecule has 0 aliphatic carbocycles. The van der Waals surface area contributed by atoms with Crippen LogP contribution in [0.1, 0.15) is 18.4 Å². The second-order valence-electron chi connectivity index (χ2n) is 7.97. The van der Waals surface area contributed by atoms with Crippen molar-refractivity contribution in [3.05, 3.63) is 71.5 Å². The van der Waals surface area contributed by atoms with E-state index in [2.05, 4.69) is 19.9 Å². The molecule has 0 unspecified atom stereocenters. The molecule has 2 aromatic heterocycles. The highest BCUT2D eigenvalue weighted by Crippen LogP contribution is 2.33. The minimum atomic E-state index is -0.785. The monoisotopic (exact) mass is 482 g/mol. The molecule has 170 valence electrons. The number of piperidine rings is 1. The van der Waals surface area contributed by atoms with Gasteiger partial charge in [0, 0.05) is 37.1 Å². The Morgan fingerprint density at radius 1 is 0.970 bits per heavy atom. The van der Waals surface area contributed by atoms with E-state index in [1.807, 2.05) is 48.5 Å². The molecule has 1 fully saturated rings. The summed E-state index contributed by atoms with van der Waals surface area (Å²) >= 11 is 7.33. The summed E-state index contributed by atoms with van der Waals surface area (Å²) in [6, 6.07) is 15.0. The van der Waals surface area contributed by atoms with E-state index >= 15 is 0 Å². The lowest BCUT2D eigenvalue weighted by Gasteiger charge is -2.38. The highest BCUT2D eigenvalue weighted by atomic mass is 35.5. The molecule has 33 heavy (non-hydrogen) atoms. The normalized spacial score (nSPS) is 16.1. The van der Waals surface area contributed by atoms with Gasteiger partial charge in [-0.05, 0) is 54.8 Å². The largest absolute Gasteiger partial charge is 0.492 e. The van der Waals surface area contributed by atoms with Gasteiger partial charge in [0.25, 0.3) is 5.19 Å². The van der Waals surface area contributed by atoms with Gasteiger partial charge < -0.3 is 14.6 Å². The van der Waals surface area contributed by atoms with Gasteiger partial charge >= 0.3 is 0 Å². The fraction of sp³-hybridized carbons (Fsp3) is 0.292. The number of nitrogens with zero attached hydrogens (tertiary/aromatic N) is 4. The summed E-state index contributed by atoms with van der Waals surface area (Å²) in [5.41, 5.74) is 0.734. The molecule has 5 rings (SSSR count). The number of halogens is 1. The molecular formula is C24H23ClN4O3S. The molecule has 0 saturated carbocycles. The lowest BCUT2D eigenvalue weighted by molar-refractivity contribution is -0.0278. The van der Waals surface area contributed by atoms with E-state index < -0.39 is 5.60 Å². The third kappa shape index (κ3) is 5.25. The van der Waals surface area contributed by atoms with Gasteiger partial charge in [-0.15, -0.1) is 0 Å². The molecule has 1 saturated heterocycles. The van der Waals surface area contributed by atoms with Crippen molar-refractivity contribution in [1.82, 2.24) is 19.9 Å². The first-order valence-electron chi connectivity index (χ1n) is 10.8. The Hall–Kier alpha value is -2.78. The molecule has 3 heterocycles. The van der Waals surface area contributed by atoms with E-state index in [0.717, 1.165) is 35.8 Å². The van der Waals surface area contributed by atoms with Gasteiger partial charge in [0.15, 0.2) is 10.5 Å². The van der Waals surface area contributed by atoms with Crippen LogP contribution in [0.15, 0.2) is 60.9 Å². The zero-order valence-corrected chi connectivity index (χ0v) is 19.4. The minimum Gasteiger partial charge on any atom is -0.492 e. The highest BCUT2D eigenvalue weighted by molar-refractivity contribution is 7.19. The summed E-state index contributed by atoms with van der Waals surface area (Å²) in [6.07, 6.45) is 4.64. The van der Waals surface area contributed by atoms with E-state index in [0.29, 0.717) is 41.1 Å². The van der Waals surface area contributed by atoms with Crippen molar-refractivity contribution in [1.29, 1.82) is 0 Å². The molecule has 0 radical (unpaired) electrons. The van der Waals surface area contributed by atoms with E-state index in [-0.39, 0.29) is 0 Å². The number of hydrogen-bond acceptors (Lipinski definition) is 8. The Morgan fingerprint density at radius 3 is 2.39 bits per heavy atom. The maximum Gasteiger partial charge on any atom is 0.282 e.